The van der Waals surface area contributed by atoms with Gasteiger partial charge in [-0.1, -0.05) is 34.6 Å². The standard InChI is InChI=1S/C16H34N2O/c1-12(2)8-14-9-17-15(16(4,5)6)10-18(14)13(3)11-19-7/h12-15,17H,8-11H2,1-7H3. The fraction of sp³-hybridized carbons (Fsp3) is 1.00. The molecule has 1 N–H and O–H groups in total. The zero-order valence-corrected chi connectivity index (χ0v) is 14.0. The Kier molecular flexibility index (Phi) is 6.28. The van der Waals surface area contributed by atoms with E-state index in [0.29, 0.717) is 23.5 Å². The minimum Gasteiger partial charge on any atom is -0.383 e. The molecule has 0 aromatic carbocycles. The highest BCUT2D eigenvalue weighted by Gasteiger charge is 2.36. The molecular formula is C16H34N2O. The first-order chi connectivity index (χ1) is 8.75. The molecule has 1 rings (SSSR count). The van der Waals surface area contributed by atoms with Crippen LogP contribution in [0.1, 0.15) is 48.0 Å². The third-order valence-corrected chi connectivity index (χ3v) is 4.23. The predicted molar refractivity (Wildman–Crippen MR) is 82.5 cm³/mol. The minimum absolute atomic E-state index is 0.313. The molecule has 3 unspecified atom stereocenters. The molecule has 0 saturated carbocycles. The summed E-state index contributed by atoms with van der Waals surface area (Å²) in [5, 5.41) is 3.76. The largest absolute Gasteiger partial charge is 0.383 e. The van der Waals surface area contributed by atoms with Gasteiger partial charge in [0, 0.05) is 38.3 Å². The molecule has 0 aromatic heterocycles. The zero-order valence-electron chi connectivity index (χ0n) is 14.0. The third kappa shape index (κ3) is 5.05. The summed E-state index contributed by atoms with van der Waals surface area (Å²) in [6.45, 7) is 17.0. The number of ether oxygens (including phenoxy) is 1. The molecule has 0 bridgehead atoms. The number of methoxy groups -OCH3 is 1. The molecular weight excluding hydrogens is 236 g/mol. The van der Waals surface area contributed by atoms with Crippen molar-refractivity contribution in [2.75, 3.05) is 26.8 Å². The van der Waals surface area contributed by atoms with Crippen molar-refractivity contribution < 1.29 is 4.74 Å². The average molecular weight is 270 g/mol. The van der Waals surface area contributed by atoms with Crippen LogP contribution in [0.2, 0.25) is 0 Å². The Morgan fingerprint density at radius 2 is 1.89 bits per heavy atom. The second-order valence-electron chi connectivity index (χ2n) is 7.61. The lowest BCUT2D eigenvalue weighted by atomic mass is 9.83. The van der Waals surface area contributed by atoms with E-state index >= 15 is 0 Å². The average Bonchev–Trinajstić information content (AvgIpc) is 2.27. The maximum absolute atomic E-state index is 5.37. The van der Waals surface area contributed by atoms with Crippen molar-refractivity contribution in [2.45, 2.75) is 66.1 Å². The van der Waals surface area contributed by atoms with Crippen LogP contribution < -0.4 is 5.32 Å². The highest BCUT2D eigenvalue weighted by molar-refractivity contribution is 4.93. The second-order valence-corrected chi connectivity index (χ2v) is 7.61. The molecule has 1 fully saturated rings. The van der Waals surface area contributed by atoms with Crippen LogP contribution in [-0.2, 0) is 4.74 Å². The van der Waals surface area contributed by atoms with E-state index in [1.54, 1.807) is 7.11 Å². The van der Waals surface area contributed by atoms with Gasteiger partial charge in [0.05, 0.1) is 6.61 Å². The number of piperazine rings is 1. The van der Waals surface area contributed by atoms with E-state index in [9.17, 15) is 0 Å². The molecule has 1 aliphatic rings. The van der Waals surface area contributed by atoms with Crippen LogP contribution in [0.15, 0.2) is 0 Å². The normalized spacial score (nSPS) is 27.8. The first-order valence-corrected chi connectivity index (χ1v) is 7.73. The predicted octanol–water partition coefficient (Wildman–Crippen LogP) is 2.76. The first kappa shape index (κ1) is 16.9. The Labute approximate surface area is 120 Å². The molecule has 3 nitrogen and oxygen atoms in total. The molecule has 3 atom stereocenters. The molecule has 0 spiro atoms. The minimum atomic E-state index is 0.313. The van der Waals surface area contributed by atoms with Crippen molar-refractivity contribution in [3.8, 4) is 0 Å². The van der Waals surface area contributed by atoms with Crippen LogP contribution in [-0.4, -0.2) is 49.8 Å². The summed E-state index contributed by atoms with van der Waals surface area (Å²) in [4.78, 5) is 2.66. The van der Waals surface area contributed by atoms with Crippen LogP contribution in [0, 0.1) is 11.3 Å². The summed E-state index contributed by atoms with van der Waals surface area (Å²) < 4.78 is 5.37. The van der Waals surface area contributed by atoms with Gasteiger partial charge >= 0.3 is 0 Å². The van der Waals surface area contributed by atoms with E-state index in [-0.39, 0.29) is 0 Å². The monoisotopic (exact) mass is 270 g/mol. The summed E-state index contributed by atoms with van der Waals surface area (Å²) in [7, 11) is 1.80. The Hall–Kier alpha value is -0.120. The number of nitrogens with zero attached hydrogens (tertiary/aromatic N) is 1. The van der Waals surface area contributed by atoms with Gasteiger partial charge in [0.15, 0.2) is 0 Å². The zero-order chi connectivity index (χ0) is 14.6. The maximum atomic E-state index is 5.37. The van der Waals surface area contributed by atoms with E-state index < -0.39 is 0 Å². The molecule has 0 aromatic rings. The number of hydrogen-bond donors (Lipinski definition) is 1. The quantitative estimate of drug-likeness (QED) is 0.831. The highest BCUT2D eigenvalue weighted by atomic mass is 16.5. The lowest BCUT2D eigenvalue weighted by molar-refractivity contribution is 0.0151. The molecule has 0 radical (unpaired) electrons. The van der Waals surface area contributed by atoms with Crippen molar-refractivity contribution in [1.29, 1.82) is 0 Å². The van der Waals surface area contributed by atoms with Gasteiger partial charge in [-0.25, -0.2) is 0 Å². The van der Waals surface area contributed by atoms with Gasteiger partial charge in [-0.15, -0.1) is 0 Å². The van der Waals surface area contributed by atoms with E-state index in [2.05, 4.69) is 51.8 Å². The van der Waals surface area contributed by atoms with E-state index in [1.807, 2.05) is 0 Å². The van der Waals surface area contributed by atoms with Gasteiger partial charge in [-0.05, 0) is 24.7 Å². The summed E-state index contributed by atoms with van der Waals surface area (Å²) in [5.41, 5.74) is 0.313. The molecule has 1 aliphatic heterocycles. The Balaban J connectivity index is 2.74. The maximum Gasteiger partial charge on any atom is 0.0615 e. The van der Waals surface area contributed by atoms with E-state index in [0.717, 1.165) is 25.6 Å². The molecule has 0 amide bonds. The van der Waals surface area contributed by atoms with Crippen molar-refractivity contribution >= 4 is 0 Å². The van der Waals surface area contributed by atoms with Crippen molar-refractivity contribution in [3.05, 3.63) is 0 Å². The fourth-order valence-corrected chi connectivity index (χ4v) is 3.04. The van der Waals surface area contributed by atoms with Gasteiger partial charge in [0.1, 0.15) is 0 Å². The Bertz CT molecular complexity index is 260. The Morgan fingerprint density at radius 3 is 2.37 bits per heavy atom. The topological polar surface area (TPSA) is 24.5 Å². The van der Waals surface area contributed by atoms with Crippen LogP contribution in [0.3, 0.4) is 0 Å². The number of rotatable bonds is 5. The third-order valence-electron chi connectivity index (χ3n) is 4.23. The molecule has 0 aliphatic carbocycles. The summed E-state index contributed by atoms with van der Waals surface area (Å²) >= 11 is 0. The van der Waals surface area contributed by atoms with Crippen LogP contribution >= 0.6 is 0 Å². The first-order valence-electron chi connectivity index (χ1n) is 7.73. The highest BCUT2D eigenvalue weighted by Crippen LogP contribution is 2.26. The van der Waals surface area contributed by atoms with Crippen molar-refractivity contribution in [1.82, 2.24) is 10.2 Å². The van der Waals surface area contributed by atoms with Crippen molar-refractivity contribution in [3.63, 3.8) is 0 Å². The van der Waals surface area contributed by atoms with Crippen molar-refractivity contribution in [2.24, 2.45) is 11.3 Å². The molecule has 3 heteroatoms. The second kappa shape index (κ2) is 7.05. The number of hydrogen-bond acceptors (Lipinski definition) is 3. The molecule has 19 heavy (non-hydrogen) atoms. The smallest absolute Gasteiger partial charge is 0.0615 e. The SMILES string of the molecule is COCC(C)N1CC(C(C)(C)C)NCC1CC(C)C. The number of nitrogens with one attached hydrogen (secondary N) is 1. The van der Waals surface area contributed by atoms with Crippen LogP contribution in [0.5, 0.6) is 0 Å². The van der Waals surface area contributed by atoms with E-state index in [1.165, 1.54) is 6.42 Å². The van der Waals surface area contributed by atoms with Crippen LogP contribution in [0.25, 0.3) is 0 Å². The lowest BCUT2D eigenvalue weighted by Gasteiger charge is -2.47. The summed E-state index contributed by atoms with van der Waals surface area (Å²) in [6.07, 6.45) is 1.26. The van der Waals surface area contributed by atoms with Gasteiger partial charge < -0.3 is 10.1 Å². The van der Waals surface area contributed by atoms with Gasteiger partial charge in [0.25, 0.3) is 0 Å². The summed E-state index contributed by atoms with van der Waals surface area (Å²) in [6, 6.07) is 1.71. The molecule has 1 heterocycles. The van der Waals surface area contributed by atoms with Gasteiger partial charge in [-0.2, -0.15) is 0 Å². The van der Waals surface area contributed by atoms with Gasteiger partial charge in [0.2, 0.25) is 0 Å². The molecule has 1 saturated heterocycles. The summed E-state index contributed by atoms with van der Waals surface area (Å²) in [5.74, 6) is 0.746. The van der Waals surface area contributed by atoms with Crippen LogP contribution in [0.4, 0.5) is 0 Å². The Morgan fingerprint density at radius 1 is 1.26 bits per heavy atom. The van der Waals surface area contributed by atoms with Gasteiger partial charge in [-0.3, -0.25) is 4.90 Å². The lowest BCUT2D eigenvalue weighted by Crippen LogP contribution is -2.63. The fourth-order valence-electron chi connectivity index (χ4n) is 3.04. The molecule has 114 valence electrons. The van der Waals surface area contributed by atoms with E-state index in [4.69, 9.17) is 4.74 Å².